The normalized spacial score (nSPS) is 18.1. The Labute approximate surface area is 165 Å². The van der Waals surface area contributed by atoms with E-state index in [0.29, 0.717) is 17.2 Å². The number of benzene rings is 2. The lowest BCUT2D eigenvalue weighted by Gasteiger charge is -2.34. The van der Waals surface area contributed by atoms with Gasteiger partial charge in [0.25, 0.3) is 11.8 Å². The van der Waals surface area contributed by atoms with Gasteiger partial charge in [-0.25, -0.2) is 4.39 Å². The molecule has 0 unspecified atom stereocenters. The number of ether oxygens (including phenoxy) is 1. The van der Waals surface area contributed by atoms with Crippen molar-refractivity contribution in [1.29, 1.82) is 0 Å². The third-order valence-corrected chi connectivity index (χ3v) is 4.81. The lowest BCUT2D eigenvalue weighted by Crippen LogP contribution is -2.55. The van der Waals surface area contributed by atoms with Crippen molar-refractivity contribution < 1.29 is 23.8 Å². The Morgan fingerprint density at radius 1 is 1.31 bits per heavy atom. The molecule has 1 fully saturated rings. The Morgan fingerprint density at radius 2 is 2.07 bits per heavy atom. The van der Waals surface area contributed by atoms with Gasteiger partial charge in [0, 0.05) is 34.9 Å². The number of hydrogen-bond acceptors (Lipinski definition) is 5. The van der Waals surface area contributed by atoms with E-state index < -0.39 is 29.8 Å². The molecule has 5 N–H and O–H groups in total. The third-order valence-electron chi connectivity index (χ3n) is 4.81. The van der Waals surface area contributed by atoms with Gasteiger partial charge in [0.2, 0.25) is 0 Å². The lowest BCUT2D eigenvalue weighted by molar-refractivity contribution is -0.150. The lowest BCUT2D eigenvalue weighted by atomic mass is 10.1. The van der Waals surface area contributed by atoms with Gasteiger partial charge in [0.1, 0.15) is 11.6 Å². The molecule has 29 heavy (non-hydrogen) atoms. The molecule has 1 aliphatic heterocycles. The van der Waals surface area contributed by atoms with Crippen molar-refractivity contribution in [2.75, 3.05) is 29.1 Å². The van der Waals surface area contributed by atoms with Gasteiger partial charge >= 0.3 is 0 Å². The van der Waals surface area contributed by atoms with Crippen LogP contribution in [0.1, 0.15) is 0 Å². The van der Waals surface area contributed by atoms with Crippen molar-refractivity contribution in [3.8, 4) is 0 Å². The van der Waals surface area contributed by atoms with Crippen molar-refractivity contribution in [3.05, 3.63) is 54.5 Å². The van der Waals surface area contributed by atoms with Gasteiger partial charge < -0.3 is 30.8 Å². The zero-order valence-electron chi connectivity index (χ0n) is 15.3. The molecule has 0 radical (unpaired) electrons. The minimum absolute atomic E-state index is 0.132. The summed E-state index contributed by atoms with van der Waals surface area (Å²) in [6.45, 7) is 0.369. The van der Waals surface area contributed by atoms with Gasteiger partial charge in [-0.05, 0) is 42.5 Å². The number of anilines is 3. The first-order valence-electron chi connectivity index (χ1n) is 8.98. The molecule has 2 atom stereocenters. The average molecular weight is 398 g/mol. The SMILES string of the molecule is Nc1[nH]cc2cc(NC(=O)[C@H](O)[C@H]3OCCN(c4ccc(F)cc4)C3=O)ccc12. The van der Waals surface area contributed by atoms with Gasteiger partial charge in [0.05, 0.1) is 6.61 Å². The summed E-state index contributed by atoms with van der Waals surface area (Å²) in [5, 5.41) is 14.6. The molecule has 1 saturated heterocycles. The Bertz CT molecular complexity index is 1070. The van der Waals surface area contributed by atoms with Crippen molar-refractivity contribution >= 4 is 39.8 Å². The number of carbonyl (C=O) groups is 2. The first kappa shape index (κ1) is 18.9. The van der Waals surface area contributed by atoms with Crippen LogP contribution < -0.4 is 16.0 Å². The number of halogens is 1. The molecule has 9 heteroatoms. The first-order chi connectivity index (χ1) is 13.9. The van der Waals surface area contributed by atoms with E-state index in [2.05, 4.69) is 10.3 Å². The number of carbonyl (C=O) groups excluding carboxylic acids is 2. The van der Waals surface area contributed by atoms with Crippen LogP contribution >= 0.6 is 0 Å². The van der Waals surface area contributed by atoms with E-state index >= 15 is 0 Å². The number of hydrogen-bond donors (Lipinski definition) is 4. The van der Waals surface area contributed by atoms with Crippen LogP contribution in [0, 0.1) is 5.82 Å². The second-order valence-electron chi connectivity index (χ2n) is 6.70. The minimum Gasteiger partial charge on any atom is -0.385 e. The van der Waals surface area contributed by atoms with Crippen LogP contribution in [-0.2, 0) is 14.3 Å². The predicted octanol–water partition coefficient (Wildman–Crippen LogP) is 1.62. The maximum atomic E-state index is 13.1. The fraction of sp³-hybridized carbons (Fsp3) is 0.200. The number of aliphatic hydroxyl groups excluding tert-OH is 1. The number of nitrogen functional groups attached to an aromatic ring is 1. The Hall–Kier alpha value is -3.43. The standard InChI is InChI=1S/C20H19FN4O4/c21-12-1-4-14(5-2-12)25-7-8-29-17(20(25)28)16(26)19(27)24-13-3-6-15-11(9-13)10-23-18(15)22/h1-6,9-10,16-17,23,26H,7-8,22H2,(H,24,27)/t16-,17-/m1/s1. The average Bonchev–Trinajstić information content (AvgIpc) is 3.08. The first-order valence-corrected chi connectivity index (χ1v) is 8.98. The van der Waals surface area contributed by atoms with E-state index in [4.69, 9.17) is 10.5 Å². The number of rotatable bonds is 4. The minimum atomic E-state index is -1.71. The third kappa shape index (κ3) is 3.65. The largest absolute Gasteiger partial charge is 0.385 e. The van der Waals surface area contributed by atoms with Crippen LogP contribution in [0.5, 0.6) is 0 Å². The number of nitrogens with one attached hydrogen (secondary N) is 2. The highest BCUT2D eigenvalue weighted by molar-refractivity contribution is 6.04. The summed E-state index contributed by atoms with van der Waals surface area (Å²) in [6.07, 6.45) is -1.37. The molecular weight excluding hydrogens is 379 g/mol. The van der Waals surface area contributed by atoms with Crippen LogP contribution in [-0.4, -0.2) is 47.3 Å². The zero-order valence-corrected chi connectivity index (χ0v) is 15.3. The highest BCUT2D eigenvalue weighted by atomic mass is 19.1. The number of H-pyrrole nitrogens is 1. The molecule has 3 aromatic rings. The summed E-state index contributed by atoms with van der Waals surface area (Å²) >= 11 is 0. The topological polar surface area (TPSA) is 121 Å². The van der Waals surface area contributed by atoms with E-state index in [0.717, 1.165) is 10.8 Å². The fourth-order valence-electron chi connectivity index (χ4n) is 3.30. The number of amides is 2. The zero-order chi connectivity index (χ0) is 20.5. The maximum absolute atomic E-state index is 13.1. The molecule has 150 valence electrons. The second-order valence-corrected chi connectivity index (χ2v) is 6.70. The molecule has 0 bridgehead atoms. The highest BCUT2D eigenvalue weighted by Crippen LogP contribution is 2.25. The van der Waals surface area contributed by atoms with E-state index in [9.17, 15) is 19.1 Å². The van der Waals surface area contributed by atoms with Crippen LogP contribution in [0.25, 0.3) is 10.8 Å². The molecule has 0 aliphatic carbocycles. The van der Waals surface area contributed by atoms with Crippen molar-refractivity contribution in [3.63, 3.8) is 0 Å². The van der Waals surface area contributed by atoms with Crippen molar-refractivity contribution in [2.45, 2.75) is 12.2 Å². The number of nitrogens with zero attached hydrogens (tertiary/aromatic N) is 1. The van der Waals surface area contributed by atoms with Crippen LogP contribution in [0.2, 0.25) is 0 Å². The molecule has 8 nitrogen and oxygen atoms in total. The van der Waals surface area contributed by atoms with E-state index in [-0.39, 0.29) is 13.2 Å². The monoisotopic (exact) mass is 398 g/mol. The fourth-order valence-corrected chi connectivity index (χ4v) is 3.30. The molecule has 4 rings (SSSR count). The molecule has 0 spiro atoms. The highest BCUT2D eigenvalue weighted by Gasteiger charge is 2.39. The number of morpholine rings is 1. The van der Waals surface area contributed by atoms with Crippen molar-refractivity contribution in [2.24, 2.45) is 0 Å². The van der Waals surface area contributed by atoms with Gasteiger partial charge in [-0.1, -0.05) is 0 Å². The van der Waals surface area contributed by atoms with Crippen molar-refractivity contribution in [1.82, 2.24) is 4.98 Å². The van der Waals surface area contributed by atoms with Gasteiger partial charge in [0.15, 0.2) is 12.2 Å². The number of fused-ring (bicyclic) bond motifs is 1. The summed E-state index contributed by atoms with van der Waals surface area (Å²) < 4.78 is 18.5. The van der Waals surface area contributed by atoms with E-state index in [1.165, 1.54) is 29.2 Å². The van der Waals surface area contributed by atoms with E-state index in [1.807, 2.05) is 0 Å². The Kier molecular flexibility index (Phi) is 4.91. The number of nitrogens with two attached hydrogens (primary N) is 1. The van der Waals surface area contributed by atoms with Gasteiger partial charge in [-0.2, -0.15) is 0 Å². The molecule has 2 aromatic carbocycles. The second kappa shape index (κ2) is 7.53. The molecule has 1 aromatic heterocycles. The molecule has 2 amide bonds. The number of aliphatic hydroxyl groups is 1. The Morgan fingerprint density at radius 3 is 2.83 bits per heavy atom. The van der Waals surface area contributed by atoms with Crippen LogP contribution in [0.15, 0.2) is 48.7 Å². The van der Waals surface area contributed by atoms with Crippen LogP contribution in [0.4, 0.5) is 21.6 Å². The quantitative estimate of drug-likeness (QED) is 0.532. The van der Waals surface area contributed by atoms with Crippen LogP contribution in [0.3, 0.4) is 0 Å². The van der Waals surface area contributed by atoms with E-state index in [1.54, 1.807) is 24.4 Å². The van der Waals surface area contributed by atoms with Gasteiger partial charge in [-0.3, -0.25) is 9.59 Å². The summed E-state index contributed by atoms with van der Waals surface area (Å²) in [4.78, 5) is 29.5. The summed E-state index contributed by atoms with van der Waals surface area (Å²) in [7, 11) is 0. The summed E-state index contributed by atoms with van der Waals surface area (Å²) in [5.74, 6) is -1.25. The summed E-state index contributed by atoms with van der Waals surface area (Å²) in [6, 6.07) is 10.5. The number of aromatic nitrogens is 1. The number of aromatic amines is 1. The summed E-state index contributed by atoms with van der Waals surface area (Å²) in [5.41, 5.74) is 6.70. The maximum Gasteiger partial charge on any atom is 0.259 e. The van der Waals surface area contributed by atoms with Gasteiger partial charge in [-0.15, -0.1) is 0 Å². The molecule has 2 heterocycles. The Balaban J connectivity index is 1.48. The molecule has 1 aliphatic rings. The smallest absolute Gasteiger partial charge is 0.259 e. The molecular formula is C20H19FN4O4. The predicted molar refractivity (Wildman–Crippen MR) is 106 cm³/mol. The molecule has 0 saturated carbocycles.